The van der Waals surface area contributed by atoms with E-state index in [-0.39, 0.29) is 5.57 Å². The lowest BCUT2D eigenvalue weighted by molar-refractivity contribution is -0.112. The van der Waals surface area contributed by atoms with Gasteiger partial charge in [-0.2, -0.15) is 5.26 Å². The van der Waals surface area contributed by atoms with Crippen LogP contribution in [0.1, 0.15) is 11.1 Å². The van der Waals surface area contributed by atoms with Gasteiger partial charge in [-0.05, 0) is 66.2 Å². The van der Waals surface area contributed by atoms with Gasteiger partial charge in [-0.25, -0.2) is 0 Å². The molecule has 156 valence electrons. The molecule has 0 radical (unpaired) electrons. The number of amides is 1. The molecule has 0 heterocycles. The number of carbonyl (C=O) groups is 1. The second-order valence-electron chi connectivity index (χ2n) is 6.45. The number of benzene rings is 3. The Bertz CT molecular complexity index is 1150. The summed E-state index contributed by atoms with van der Waals surface area (Å²) in [7, 11) is 1.56. The Morgan fingerprint density at radius 2 is 1.94 bits per heavy atom. The van der Waals surface area contributed by atoms with Gasteiger partial charge in [0.05, 0.1) is 7.11 Å². The maximum atomic E-state index is 12.6. The molecule has 1 amide bonds. The molecular formula is C24H18BrClN2O3. The van der Waals surface area contributed by atoms with Crippen LogP contribution in [0.5, 0.6) is 11.5 Å². The normalized spacial score (nSPS) is 10.8. The van der Waals surface area contributed by atoms with Crippen LogP contribution in [0.3, 0.4) is 0 Å². The number of nitrogens with one attached hydrogen (secondary N) is 1. The molecule has 5 nitrogen and oxygen atoms in total. The van der Waals surface area contributed by atoms with Crippen LogP contribution < -0.4 is 14.8 Å². The fourth-order valence-corrected chi connectivity index (χ4v) is 3.32. The first kappa shape index (κ1) is 22.4. The minimum Gasteiger partial charge on any atom is -0.497 e. The first-order valence-electron chi connectivity index (χ1n) is 9.22. The predicted octanol–water partition coefficient (Wildman–Crippen LogP) is 6.24. The second-order valence-corrected chi connectivity index (χ2v) is 7.81. The number of carbonyl (C=O) groups excluding carboxylic acids is 1. The van der Waals surface area contributed by atoms with E-state index in [1.807, 2.05) is 30.3 Å². The zero-order valence-corrected chi connectivity index (χ0v) is 18.9. The number of methoxy groups -OCH3 is 1. The van der Waals surface area contributed by atoms with Gasteiger partial charge >= 0.3 is 0 Å². The summed E-state index contributed by atoms with van der Waals surface area (Å²) in [5, 5.41) is 12.9. The van der Waals surface area contributed by atoms with Gasteiger partial charge in [0.2, 0.25) is 0 Å². The lowest BCUT2D eigenvalue weighted by Crippen LogP contribution is -2.13. The summed E-state index contributed by atoms with van der Waals surface area (Å²) in [6.45, 7) is 0.295. The average Bonchev–Trinajstić information content (AvgIpc) is 2.77. The molecule has 1 N–H and O–H groups in total. The second kappa shape index (κ2) is 10.7. The standard InChI is InChI=1S/C24H18BrClN2O3/c1-30-22-8-6-21(7-9-22)28-24(29)18(14-27)12-17-13-19(25)5-10-23(17)31-15-16-3-2-4-20(26)11-16/h2-13H,15H2,1H3,(H,28,29)/b18-12+. The van der Waals surface area contributed by atoms with Crippen molar-refractivity contribution in [1.82, 2.24) is 0 Å². The third kappa shape index (κ3) is 6.35. The first-order valence-corrected chi connectivity index (χ1v) is 10.4. The van der Waals surface area contributed by atoms with Gasteiger partial charge in [0.1, 0.15) is 29.7 Å². The van der Waals surface area contributed by atoms with Crippen molar-refractivity contribution in [2.75, 3.05) is 12.4 Å². The van der Waals surface area contributed by atoms with Gasteiger partial charge in [-0.1, -0.05) is 39.7 Å². The number of rotatable bonds is 7. The minimum atomic E-state index is -0.520. The van der Waals surface area contributed by atoms with Crippen molar-refractivity contribution >= 4 is 45.2 Å². The van der Waals surface area contributed by atoms with Gasteiger partial charge in [0.15, 0.2) is 0 Å². The predicted molar refractivity (Wildman–Crippen MR) is 125 cm³/mol. The van der Waals surface area contributed by atoms with E-state index in [4.69, 9.17) is 21.1 Å². The zero-order chi connectivity index (χ0) is 22.2. The van der Waals surface area contributed by atoms with E-state index in [1.54, 1.807) is 49.6 Å². The Morgan fingerprint density at radius 1 is 1.16 bits per heavy atom. The van der Waals surface area contributed by atoms with Crippen molar-refractivity contribution in [3.05, 3.63) is 92.9 Å². The molecule has 0 aliphatic carbocycles. The summed E-state index contributed by atoms with van der Waals surface area (Å²) in [6, 6.07) is 21.6. The highest BCUT2D eigenvalue weighted by Gasteiger charge is 2.12. The van der Waals surface area contributed by atoms with Crippen molar-refractivity contribution in [3.63, 3.8) is 0 Å². The molecule has 0 aliphatic heterocycles. The number of nitrogens with zero attached hydrogens (tertiary/aromatic N) is 1. The van der Waals surface area contributed by atoms with Gasteiger partial charge in [-0.3, -0.25) is 4.79 Å². The molecule has 0 saturated heterocycles. The number of hydrogen-bond donors (Lipinski definition) is 1. The molecular weight excluding hydrogens is 480 g/mol. The van der Waals surface area contributed by atoms with Crippen LogP contribution in [0, 0.1) is 11.3 Å². The molecule has 0 bridgehead atoms. The minimum absolute atomic E-state index is 0.0541. The summed E-state index contributed by atoms with van der Waals surface area (Å²) in [4.78, 5) is 12.6. The maximum absolute atomic E-state index is 12.6. The Kier molecular flexibility index (Phi) is 7.71. The highest BCUT2D eigenvalue weighted by molar-refractivity contribution is 9.10. The largest absolute Gasteiger partial charge is 0.497 e. The van der Waals surface area contributed by atoms with Crippen LogP contribution in [0.2, 0.25) is 5.02 Å². The molecule has 3 rings (SSSR count). The van der Waals surface area contributed by atoms with Crippen LogP contribution in [-0.4, -0.2) is 13.0 Å². The molecule has 3 aromatic rings. The van der Waals surface area contributed by atoms with E-state index in [2.05, 4.69) is 21.2 Å². The topological polar surface area (TPSA) is 71.3 Å². The maximum Gasteiger partial charge on any atom is 0.266 e. The SMILES string of the molecule is COc1ccc(NC(=O)/C(C#N)=C/c2cc(Br)ccc2OCc2cccc(Cl)c2)cc1. The summed E-state index contributed by atoms with van der Waals surface area (Å²) in [5.74, 6) is 0.686. The molecule has 0 atom stereocenters. The van der Waals surface area contributed by atoms with Crippen LogP contribution >= 0.6 is 27.5 Å². The van der Waals surface area contributed by atoms with E-state index in [1.165, 1.54) is 6.08 Å². The molecule has 3 aromatic carbocycles. The average molecular weight is 498 g/mol. The Hall–Kier alpha value is -3.27. The summed E-state index contributed by atoms with van der Waals surface area (Å²) in [6.07, 6.45) is 1.50. The molecule has 0 aliphatic rings. The molecule has 0 fully saturated rings. The van der Waals surface area contributed by atoms with Crippen LogP contribution in [0.15, 0.2) is 76.8 Å². The van der Waals surface area contributed by atoms with Crippen LogP contribution in [0.25, 0.3) is 6.08 Å². The number of ether oxygens (including phenoxy) is 2. The highest BCUT2D eigenvalue weighted by atomic mass is 79.9. The molecule has 0 saturated carbocycles. The van der Waals surface area contributed by atoms with Crippen LogP contribution in [-0.2, 0) is 11.4 Å². The lowest BCUT2D eigenvalue weighted by Gasteiger charge is -2.11. The fraction of sp³-hybridized carbons (Fsp3) is 0.0833. The number of hydrogen-bond acceptors (Lipinski definition) is 4. The van der Waals surface area contributed by atoms with Gasteiger partial charge in [0.25, 0.3) is 5.91 Å². The molecule has 7 heteroatoms. The van der Waals surface area contributed by atoms with E-state index in [0.29, 0.717) is 34.4 Å². The molecule has 0 spiro atoms. The Morgan fingerprint density at radius 3 is 2.61 bits per heavy atom. The monoisotopic (exact) mass is 496 g/mol. The summed E-state index contributed by atoms with van der Waals surface area (Å²) in [5.41, 5.74) is 2.00. The lowest BCUT2D eigenvalue weighted by atomic mass is 10.1. The smallest absolute Gasteiger partial charge is 0.266 e. The van der Waals surface area contributed by atoms with E-state index in [0.717, 1.165) is 10.0 Å². The van der Waals surface area contributed by atoms with E-state index >= 15 is 0 Å². The van der Waals surface area contributed by atoms with Gasteiger partial charge in [-0.15, -0.1) is 0 Å². The van der Waals surface area contributed by atoms with Gasteiger partial charge < -0.3 is 14.8 Å². The van der Waals surface area contributed by atoms with Crippen molar-refractivity contribution in [1.29, 1.82) is 5.26 Å². The Labute approximate surface area is 194 Å². The number of halogens is 2. The van der Waals surface area contributed by atoms with Crippen LogP contribution in [0.4, 0.5) is 5.69 Å². The third-order valence-corrected chi connectivity index (χ3v) is 5.00. The molecule has 0 aromatic heterocycles. The number of nitriles is 1. The molecule has 31 heavy (non-hydrogen) atoms. The number of anilines is 1. The third-order valence-electron chi connectivity index (χ3n) is 4.27. The fourth-order valence-electron chi connectivity index (χ4n) is 2.73. The van der Waals surface area contributed by atoms with Crippen molar-refractivity contribution < 1.29 is 14.3 Å². The van der Waals surface area contributed by atoms with Crippen molar-refractivity contribution in [3.8, 4) is 17.6 Å². The van der Waals surface area contributed by atoms with E-state index in [9.17, 15) is 10.1 Å². The van der Waals surface area contributed by atoms with Gasteiger partial charge in [0, 0.05) is 20.7 Å². The first-order chi connectivity index (χ1) is 15.0. The molecule has 0 unspecified atom stereocenters. The Balaban J connectivity index is 1.81. The summed E-state index contributed by atoms with van der Waals surface area (Å²) < 4.78 is 11.8. The zero-order valence-electron chi connectivity index (χ0n) is 16.6. The van der Waals surface area contributed by atoms with Crippen molar-refractivity contribution in [2.24, 2.45) is 0 Å². The van der Waals surface area contributed by atoms with E-state index < -0.39 is 5.91 Å². The highest BCUT2D eigenvalue weighted by Crippen LogP contribution is 2.27. The van der Waals surface area contributed by atoms with Crippen molar-refractivity contribution in [2.45, 2.75) is 6.61 Å². The quantitative estimate of drug-likeness (QED) is 0.310. The summed E-state index contributed by atoms with van der Waals surface area (Å²) >= 11 is 9.45.